The summed E-state index contributed by atoms with van der Waals surface area (Å²) in [6.07, 6.45) is 0. The molecule has 0 bridgehead atoms. The Labute approximate surface area is 176 Å². The zero-order chi connectivity index (χ0) is 20.6. The van der Waals surface area contributed by atoms with Gasteiger partial charge in [-0.3, -0.25) is 4.79 Å². The second kappa shape index (κ2) is 9.99. The van der Waals surface area contributed by atoms with Crippen molar-refractivity contribution in [1.29, 1.82) is 0 Å². The zero-order valence-electron chi connectivity index (χ0n) is 16.5. The van der Waals surface area contributed by atoms with Crippen molar-refractivity contribution in [1.82, 2.24) is 5.32 Å². The van der Waals surface area contributed by atoms with Gasteiger partial charge in [0.1, 0.15) is 24.7 Å². The van der Waals surface area contributed by atoms with Gasteiger partial charge in [0, 0.05) is 5.02 Å². The van der Waals surface area contributed by atoms with E-state index in [0.717, 1.165) is 16.9 Å². The first-order chi connectivity index (χ1) is 14.0. The molecule has 0 radical (unpaired) electrons. The van der Waals surface area contributed by atoms with Gasteiger partial charge in [-0.15, -0.1) is 0 Å². The van der Waals surface area contributed by atoms with E-state index in [1.54, 1.807) is 18.2 Å². The summed E-state index contributed by atoms with van der Waals surface area (Å²) in [6.45, 7) is 4.61. The van der Waals surface area contributed by atoms with Crippen molar-refractivity contribution in [2.75, 3.05) is 6.61 Å². The van der Waals surface area contributed by atoms with Gasteiger partial charge in [0.15, 0.2) is 0 Å². The molecule has 0 heterocycles. The summed E-state index contributed by atoms with van der Waals surface area (Å²) in [4.78, 5) is 12.8. The third-order valence-corrected chi connectivity index (χ3v) is 4.62. The molecule has 0 spiro atoms. The topological polar surface area (TPSA) is 47.6 Å². The molecular weight excluding hydrogens is 386 g/mol. The van der Waals surface area contributed by atoms with Crippen molar-refractivity contribution < 1.29 is 14.3 Å². The molecular formula is C24H24ClNO3. The standard InChI is InChI=1S/C24H24ClNO3/c1-17-8-6-7-11-22(17)28-15-18(2)26-24(27)21-14-20(25)12-13-23(21)29-16-19-9-4-3-5-10-19/h3-14,18H,15-16H2,1-2H3,(H,26,27)/t18-/m1/s1. The predicted octanol–water partition coefficient (Wildman–Crippen LogP) is 5.42. The fourth-order valence-corrected chi connectivity index (χ4v) is 2.99. The number of hydrogen-bond acceptors (Lipinski definition) is 3. The number of nitrogens with one attached hydrogen (secondary N) is 1. The summed E-state index contributed by atoms with van der Waals surface area (Å²) in [5.41, 5.74) is 2.47. The number of benzene rings is 3. The van der Waals surface area contributed by atoms with Gasteiger partial charge < -0.3 is 14.8 Å². The van der Waals surface area contributed by atoms with Gasteiger partial charge in [-0.25, -0.2) is 0 Å². The van der Waals surface area contributed by atoms with Crippen LogP contribution in [0.15, 0.2) is 72.8 Å². The Morgan fingerprint density at radius 3 is 2.45 bits per heavy atom. The van der Waals surface area contributed by atoms with Crippen LogP contribution in [-0.2, 0) is 6.61 Å². The lowest BCUT2D eigenvalue weighted by molar-refractivity contribution is 0.0922. The number of hydrogen-bond donors (Lipinski definition) is 1. The molecule has 0 aliphatic rings. The molecule has 0 unspecified atom stereocenters. The highest BCUT2D eigenvalue weighted by Gasteiger charge is 2.16. The molecule has 1 N–H and O–H groups in total. The minimum absolute atomic E-state index is 0.192. The molecule has 0 saturated heterocycles. The Bertz CT molecular complexity index is 959. The van der Waals surface area contributed by atoms with E-state index in [1.165, 1.54) is 0 Å². The van der Waals surface area contributed by atoms with E-state index in [0.29, 0.717) is 29.5 Å². The lowest BCUT2D eigenvalue weighted by Gasteiger charge is -2.17. The largest absolute Gasteiger partial charge is 0.491 e. The first kappa shape index (κ1) is 20.7. The van der Waals surface area contributed by atoms with Gasteiger partial charge in [-0.1, -0.05) is 60.1 Å². The lowest BCUT2D eigenvalue weighted by Crippen LogP contribution is -2.37. The normalized spacial score (nSPS) is 11.6. The minimum Gasteiger partial charge on any atom is -0.491 e. The Balaban J connectivity index is 1.63. The molecule has 0 saturated carbocycles. The second-order valence-corrected chi connectivity index (χ2v) is 7.30. The number of ether oxygens (including phenoxy) is 2. The number of carbonyl (C=O) groups is 1. The fraction of sp³-hybridized carbons (Fsp3) is 0.208. The van der Waals surface area contributed by atoms with Crippen LogP contribution in [0.5, 0.6) is 11.5 Å². The maximum Gasteiger partial charge on any atom is 0.255 e. The fourth-order valence-electron chi connectivity index (χ4n) is 2.82. The summed E-state index contributed by atoms with van der Waals surface area (Å²) in [5, 5.41) is 3.43. The predicted molar refractivity (Wildman–Crippen MR) is 116 cm³/mol. The van der Waals surface area contributed by atoms with E-state index in [9.17, 15) is 4.79 Å². The number of amides is 1. The summed E-state index contributed by atoms with van der Waals surface area (Å²) in [5.74, 6) is 1.04. The molecule has 3 rings (SSSR count). The molecule has 4 nitrogen and oxygen atoms in total. The van der Waals surface area contributed by atoms with Crippen molar-refractivity contribution in [2.24, 2.45) is 0 Å². The monoisotopic (exact) mass is 409 g/mol. The smallest absolute Gasteiger partial charge is 0.255 e. The molecule has 0 aliphatic carbocycles. The summed E-state index contributed by atoms with van der Waals surface area (Å²) < 4.78 is 11.7. The van der Waals surface area contributed by atoms with Crippen LogP contribution >= 0.6 is 11.6 Å². The maximum absolute atomic E-state index is 12.8. The molecule has 0 aliphatic heterocycles. The van der Waals surface area contributed by atoms with Crippen molar-refractivity contribution in [3.8, 4) is 11.5 Å². The van der Waals surface area contributed by atoms with E-state index in [-0.39, 0.29) is 11.9 Å². The third kappa shape index (κ3) is 6.00. The SMILES string of the molecule is Cc1ccccc1OC[C@@H](C)NC(=O)c1cc(Cl)ccc1OCc1ccccc1. The van der Waals surface area contributed by atoms with Crippen molar-refractivity contribution in [3.63, 3.8) is 0 Å². The highest BCUT2D eigenvalue weighted by molar-refractivity contribution is 6.31. The molecule has 3 aromatic carbocycles. The second-order valence-electron chi connectivity index (χ2n) is 6.87. The molecule has 0 aromatic heterocycles. The van der Waals surface area contributed by atoms with Gasteiger partial charge in [-0.2, -0.15) is 0 Å². The minimum atomic E-state index is -0.253. The number of carbonyl (C=O) groups excluding carboxylic acids is 1. The van der Waals surface area contributed by atoms with Crippen LogP contribution in [-0.4, -0.2) is 18.6 Å². The average molecular weight is 410 g/mol. The van der Waals surface area contributed by atoms with Gasteiger partial charge >= 0.3 is 0 Å². The van der Waals surface area contributed by atoms with Crippen LogP contribution in [0, 0.1) is 6.92 Å². The number of para-hydroxylation sites is 1. The molecule has 0 fully saturated rings. The highest BCUT2D eigenvalue weighted by Crippen LogP contribution is 2.24. The Kier molecular flexibility index (Phi) is 7.14. The molecule has 1 atom stereocenters. The van der Waals surface area contributed by atoms with E-state index >= 15 is 0 Å². The van der Waals surface area contributed by atoms with Crippen LogP contribution in [0.1, 0.15) is 28.4 Å². The summed E-state index contributed by atoms with van der Waals surface area (Å²) in [6, 6.07) is 22.4. The van der Waals surface area contributed by atoms with Crippen LogP contribution in [0.25, 0.3) is 0 Å². The molecule has 150 valence electrons. The van der Waals surface area contributed by atoms with Crippen LogP contribution in [0.3, 0.4) is 0 Å². The van der Waals surface area contributed by atoms with E-state index < -0.39 is 0 Å². The summed E-state index contributed by atoms with van der Waals surface area (Å²) >= 11 is 6.11. The van der Waals surface area contributed by atoms with E-state index in [2.05, 4.69) is 5.32 Å². The van der Waals surface area contributed by atoms with Gasteiger partial charge in [0.25, 0.3) is 5.91 Å². The van der Waals surface area contributed by atoms with E-state index in [4.69, 9.17) is 21.1 Å². The Morgan fingerprint density at radius 2 is 1.69 bits per heavy atom. The molecule has 3 aromatic rings. The maximum atomic E-state index is 12.8. The van der Waals surface area contributed by atoms with Crippen LogP contribution < -0.4 is 14.8 Å². The lowest BCUT2D eigenvalue weighted by atomic mass is 10.1. The van der Waals surface area contributed by atoms with Gasteiger partial charge in [0.2, 0.25) is 0 Å². The first-order valence-corrected chi connectivity index (χ1v) is 9.86. The summed E-state index contributed by atoms with van der Waals surface area (Å²) in [7, 11) is 0. The zero-order valence-corrected chi connectivity index (χ0v) is 17.3. The van der Waals surface area contributed by atoms with Crippen LogP contribution in [0.4, 0.5) is 0 Å². The van der Waals surface area contributed by atoms with Crippen molar-refractivity contribution >= 4 is 17.5 Å². The molecule has 29 heavy (non-hydrogen) atoms. The Hall–Kier alpha value is -2.98. The number of halogens is 1. The first-order valence-electron chi connectivity index (χ1n) is 9.48. The van der Waals surface area contributed by atoms with Gasteiger partial charge in [-0.05, 0) is 49.2 Å². The van der Waals surface area contributed by atoms with E-state index in [1.807, 2.05) is 68.4 Å². The third-order valence-electron chi connectivity index (χ3n) is 4.38. The quantitative estimate of drug-likeness (QED) is 0.540. The van der Waals surface area contributed by atoms with Crippen molar-refractivity contribution in [3.05, 3.63) is 94.5 Å². The Morgan fingerprint density at radius 1 is 0.966 bits per heavy atom. The average Bonchev–Trinajstić information content (AvgIpc) is 2.73. The molecule has 5 heteroatoms. The highest BCUT2D eigenvalue weighted by atomic mass is 35.5. The van der Waals surface area contributed by atoms with Crippen LogP contribution in [0.2, 0.25) is 5.02 Å². The number of aryl methyl sites for hydroxylation is 1. The van der Waals surface area contributed by atoms with Gasteiger partial charge in [0.05, 0.1) is 11.6 Å². The van der Waals surface area contributed by atoms with Crippen molar-refractivity contribution in [2.45, 2.75) is 26.5 Å². The molecule has 1 amide bonds. The number of rotatable bonds is 8.